The molecule has 0 saturated carbocycles. The van der Waals surface area contributed by atoms with Gasteiger partial charge in [0.15, 0.2) is 0 Å². The molecular weight excluding hydrogens is 403 g/mol. The maximum absolute atomic E-state index is 14.3. The average Bonchev–Trinajstić information content (AvgIpc) is 3.30. The zero-order valence-corrected chi connectivity index (χ0v) is 17.0. The number of anilines is 2. The van der Waals surface area contributed by atoms with Crippen LogP contribution in [0.25, 0.3) is 17.3 Å². The molecule has 5 nitrogen and oxygen atoms in total. The first-order chi connectivity index (χ1) is 14.6. The van der Waals surface area contributed by atoms with Crippen LogP contribution in [0.1, 0.15) is 28.8 Å². The molecule has 0 aliphatic carbocycles. The van der Waals surface area contributed by atoms with Crippen molar-refractivity contribution in [1.82, 2.24) is 14.9 Å². The second-order valence-corrected chi connectivity index (χ2v) is 7.47. The number of amides is 1. The lowest BCUT2D eigenvalue weighted by Crippen LogP contribution is -2.28. The largest absolute Gasteiger partial charge is 0.354 e. The van der Waals surface area contributed by atoms with Crippen LogP contribution in [-0.4, -0.2) is 33.9 Å². The van der Waals surface area contributed by atoms with Crippen molar-refractivity contribution in [2.75, 3.05) is 18.4 Å². The molecule has 0 bridgehead atoms. The molecule has 1 fully saturated rings. The Bertz CT molecular complexity index is 1110. The lowest BCUT2D eigenvalue weighted by molar-refractivity contribution is 0.0793. The van der Waals surface area contributed by atoms with E-state index in [0.717, 1.165) is 31.5 Å². The van der Waals surface area contributed by atoms with Crippen LogP contribution in [-0.2, 0) is 0 Å². The Morgan fingerprint density at radius 2 is 1.97 bits per heavy atom. The van der Waals surface area contributed by atoms with Crippen molar-refractivity contribution < 1.29 is 9.18 Å². The van der Waals surface area contributed by atoms with Crippen molar-refractivity contribution in [1.29, 1.82) is 0 Å². The summed E-state index contributed by atoms with van der Waals surface area (Å²) in [6, 6.07) is 7.80. The van der Waals surface area contributed by atoms with Crippen molar-refractivity contribution in [3.8, 4) is 11.3 Å². The number of aromatic nitrogens is 2. The Morgan fingerprint density at radius 3 is 2.73 bits per heavy atom. The maximum Gasteiger partial charge on any atom is 0.257 e. The summed E-state index contributed by atoms with van der Waals surface area (Å²) >= 11 is 6.04. The van der Waals surface area contributed by atoms with E-state index in [9.17, 15) is 9.18 Å². The van der Waals surface area contributed by atoms with E-state index < -0.39 is 5.82 Å². The van der Waals surface area contributed by atoms with E-state index in [1.807, 2.05) is 4.90 Å². The van der Waals surface area contributed by atoms with Gasteiger partial charge in [-0.3, -0.25) is 14.8 Å². The molecule has 152 valence electrons. The fourth-order valence-corrected chi connectivity index (χ4v) is 3.66. The molecule has 1 aliphatic heterocycles. The monoisotopic (exact) mass is 422 g/mol. The lowest BCUT2D eigenvalue weighted by Gasteiger charge is -2.19. The van der Waals surface area contributed by atoms with Crippen LogP contribution in [0.5, 0.6) is 0 Å². The molecule has 2 aromatic heterocycles. The molecule has 1 aliphatic rings. The van der Waals surface area contributed by atoms with Crippen molar-refractivity contribution in [2.24, 2.45) is 0 Å². The van der Waals surface area contributed by atoms with Gasteiger partial charge in [-0.2, -0.15) is 0 Å². The number of halogens is 2. The molecule has 1 saturated heterocycles. The SMILES string of the molecule is C=Cc1cnc(-c2cc(Cl)ccc2F)cc1Nc1ccncc1C(=O)N1CCCC1. The Labute approximate surface area is 179 Å². The molecule has 3 aromatic rings. The molecule has 1 N–H and O–H groups in total. The summed E-state index contributed by atoms with van der Waals surface area (Å²) < 4.78 is 14.3. The van der Waals surface area contributed by atoms with Gasteiger partial charge in [0.05, 0.1) is 16.9 Å². The second-order valence-electron chi connectivity index (χ2n) is 7.03. The molecule has 30 heavy (non-hydrogen) atoms. The zero-order valence-electron chi connectivity index (χ0n) is 16.2. The van der Waals surface area contributed by atoms with Gasteiger partial charge in [0.25, 0.3) is 5.91 Å². The van der Waals surface area contributed by atoms with Crippen LogP contribution >= 0.6 is 11.6 Å². The Kier molecular flexibility index (Phi) is 5.77. The average molecular weight is 423 g/mol. The van der Waals surface area contributed by atoms with Crippen LogP contribution < -0.4 is 5.32 Å². The molecule has 1 amide bonds. The predicted octanol–water partition coefficient (Wildman–Crippen LogP) is 5.56. The second kappa shape index (κ2) is 8.63. The maximum atomic E-state index is 14.3. The summed E-state index contributed by atoms with van der Waals surface area (Å²) in [6.07, 6.45) is 8.46. The Morgan fingerprint density at radius 1 is 1.17 bits per heavy atom. The van der Waals surface area contributed by atoms with Crippen molar-refractivity contribution in [2.45, 2.75) is 12.8 Å². The molecule has 3 heterocycles. The van der Waals surface area contributed by atoms with Gasteiger partial charge in [0.1, 0.15) is 5.82 Å². The number of hydrogen-bond donors (Lipinski definition) is 1. The van der Waals surface area contributed by atoms with Gasteiger partial charge in [-0.25, -0.2) is 4.39 Å². The number of pyridine rings is 2. The van der Waals surface area contributed by atoms with Crippen LogP contribution in [0.4, 0.5) is 15.8 Å². The number of nitrogens with one attached hydrogen (secondary N) is 1. The number of likely N-dealkylation sites (tertiary alicyclic amines) is 1. The van der Waals surface area contributed by atoms with Gasteiger partial charge >= 0.3 is 0 Å². The van der Waals surface area contributed by atoms with E-state index in [2.05, 4.69) is 21.9 Å². The van der Waals surface area contributed by atoms with E-state index in [0.29, 0.717) is 33.2 Å². The van der Waals surface area contributed by atoms with Crippen LogP contribution in [0.3, 0.4) is 0 Å². The number of carbonyl (C=O) groups is 1. The molecule has 0 atom stereocenters. The van der Waals surface area contributed by atoms with Gasteiger partial charge in [0.2, 0.25) is 0 Å². The van der Waals surface area contributed by atoms with Gasteiger partial charge in [-0.05, 0) is 43.2 Å². The van der Waals surface area contributed by atoms with E-state index in [-0.39, 0.29) is 5.91 Å². The zero-order chi connectivity index (χ0) is 21.1. The first-order valence-corrected chi connectivity index (χ1v) is 10.0. The van der Waals surface area contributed by atoms with Gasteiger partial charge in [0, 0.05) is 53.5 Å². The van der Waals surface area contributed by atoms with Gasteiger partial charge in [-0.15, -0.1) is 0 Å². The molecule has 4 rings (SSSR count). The number of rotatable bonds is 5. The number of carbonyl (C=O) groups excluding carboxylic acids is 1. The summed E-state index contributed by atoms with van der Waals surface area (Å²) in [7, 11) is 0. The first-order valence-electron chi connectivity index (χ1n) is 9.65. The Hall–Kier alpha value is -3.25. The predicted molar refractivity (Wildman–Crippen MR) is 117 cm³/mol. The highest BCUT2D eigenvalue weighted by Crippen LogP contribution is 2.31. The minimum absolute atomic E-state index is 0.0570. The fraction of sp³-hybridized carbons (Fsp3) is 0.174. The third-order valence-corrected chi connectivity index (χ3v) is 5.31. The minimum atomic E-state index is -0.419. The number of benzene rings is 1. The summed E-state index contributed by atoms with van der Waals surface area (Å²) in [4.78, 5) is 23.2. The quantitative estimate of drug-likeness (QED) is 0.585. The molecule has 0 radical (unpaired) electrons. The van der Waals surface area contributed by atoms with E-state index >= 15 is 0 Å². The lowest BCUT2D eigenvalue weighted by atomic mass is 10.1. The summed E-state index contributed by atoms with van der Waals surface area (Å²) in [6.45, 7) is 5.32. The highest BCUT2D eigenvalue weighted by atomic mass is 35.5. The van der Waals surface area contributed by atoms with Gasteiger partial charge in [-0.1, -0.05) is 24.3 Å². The van der Waals surface area contributed by atoms with Crippen LogP contribution in [0.2, 0.25) is 5.02 Å². The van der Waals surface area contributed by atoms with Crippen LogP contribution in [0, 0.1) is 5.82 Å². The van der Waals surface area contributed by atoms with Crippen molar-refractivity contribution >= 4 is 35.0 Å². The third-order valence-electron chi connectivity index (χ3n) is 5.07. The minimum Gasteiger partial charge on any atom is -0.354 e. The highest BCUT2D eigenvalue weighted by Gasteiger charge is 2.22. The highest BCUT2D eigenvalue weighted by molar-refractivity contribution is 6.30. The number of nitrogens with zero attached hydrogens (tertiary/aromatic N) is 3. The molecule has 1 aromatic carbocycles. The molecule has 7 heteroatoms. The fourth-order valence-electron chi connectivity index (χ4n) is 3.49. The summed E-state index contributed by atoms with van der Waals surface area (Å²) in [5.41, 5.74) is 3.19. The molecular formula is C23H20ClFN4O. The third kappa shape index (κ3) is 4.04. The van der Waals surface area contributed by atoms with Crippen molar-refractivity contribution in [3.63, 3.8) is 0 Å². The summed E-state index contributed by atoms with van der Waals surface area (Å²) in [5, 5.41) is 3.71. The van der Waals surface area contributed by atoms with E-state index in [1.165, 1.54) is 18.2 Å². The number of hydrogen-bond acceptors (Lipinski definition) is 4. The van der Waals surface area contributed by atoms with E-state index in [1.54, 1.807) is 36.8 Å². The van der Waals surface area contributed by atoms with E-state index in [4.69, 9.17) is 11.6 Å². The van der Waals surface area contributed by atoms with Crippen molar-refractivity contribution in [3.05, 3.63) is 77.5 Å². The first kappa shape index (κ1) is 20.0. The molecule has 0 spiro atoms. The summed E-state index contributed by atoms with van der Waals surface area (Å²) in [5.74, 6) is -0.476. The normalized spacial score (nSPS) is 13.3. The smallest absolute Gasteiger partial charge is 0.257 e. The standard InChI is InChI=1S/C23H20ClFN4O/c1-2-15-13-27-22(17-11-16(24)5-6-19(17)25)12-21(15)28-20-7-8-26-14-18(20)23(30)29-9-3-4-10-29/h2,5-8,11-14H,1,3-4,9-10H2,(H,26,27,28). The van der Waals surface area contributed by atoms with Gasteiger partial charge < -0.3 is 10.2 Å². The molecule has 0 unspecified atom stereocenters. The topological polar surface area (TPSA) is 58.1 Å². The Balaban J connectivity index is 1.72. The van der Waals surface area contributed by atoms with Crippen LogP contribution in [0.15, 0.2) is 55.5 Å².